The van der Waals surface area contributed by atoms with Crippen LogP contribution in [0.3, 0.4) is 0 Å². The van der Waals surface area contributed by atoms with Gasteiger partial charge in [-0.25, -0.2) is 4.79 Å². The molecule has 0 aliphatic heterocycles. The average Bonchev–Trinajstić information content (AvgIpc) is 2.41. The van der Waals surface area contributed by atoms with E-state index >= 15 is 0 Å². The van der Waals surface area contributed by atoms with E-state index in [9.17, 15) is 9.00 Å². The summed E-state index contributed by atoms with van der Waals surface area (Å²) >= 11 is 11.8. The highest BCUT2D eigenvalue weighted by Gasteiger charge is 2.13. The molecule has 0 amide bonds. The molecule has 1 N–H and O–H groups in total. The second-order valence-corrected chi connectivity index (χ2v) is 6.29. The van der Waals surface area contributed by atoms with E-state index in [-0.39, 0.29) is 16.3 Å². The van der Waals surface area contributed by atoms with Crippen LogP contribution >= 0.6 is 23.2 Å². The van der Waals surface area contributed by atoms with Gasteiger partial charge in [-0.1, -0.05) is 41.4 Å². The normalized spacial score (nSPS) is 12.1. The molecule has 0 aliphatic rings. The van der Waals surface area contributed by atoms with Crippen molar-refractivity contribution in [2.24, 2.45) is 0 Å². The molecule has 2 aromatic carbocycles. The first-order valence-electron chi connectivity index (χ1n) is 5.63. The van der Waals surface area contributed by atoms with Crippen LogP contribution < -0.4 is 0 Å². The molecule has 104 valence electrons. The Labute approximate surface area is 128 Å². The van der Waals surface area contributed by atoms with Crippen LogP contribution in [0.5, 0.6) is 0 Å². The smallest absolute Gasteiger partial charge is 0.337 e. The molecular formula is C14H10Cl2O3S. The maximum Gasteiger partial charge on any atom is 0.337 e. The molecule has 20 heavy (non-hydrogen) atoms. The van der Waals surface area contributed by atoms with Gasteiger partial charge in [-0.2, -0.15) is 0 Å². The summed E-state index contributed by atoms with van der Waals surface area (Å²) in [6, 6.07) is 11.4. The summed E-state index contributed by atoms with van der Waals surface area (Å²) in [5, 5.41) is 9.66. The minimum Gasteiger partial charge on any atom is -0.478 e. The van der Waals surface area contributed by atoms with Crippen LogP contribution in [0, 0.1) is 0 Å². The largest absolute Gasteiger partial charge is 0.478 e. The maximum absolute atomic E-state index is 12.3. The van der Waals surface area contributed by atoms with Crippen LogP contribution in [0.1, 0.15) is 15.9 Å². The van der Waals surface area contributed by atoms with Crippen LogP contribution in [0.4, 0.5) is 0 Å². The molecule has 1 unspecified atom stereocenters. The van der Waals surface area contributed by atoms with Crippen molar-refractivity contribution in [2.45, 2.75) is 10.6 Å². The Hall–Kier alpha value is -1.36. The van der Waals surface area contributed by atoms with Gasteiger partial charge in [-0.15, -0.1) is 0 Å². The van der Waals surface area contributed by atoms with E-state index in [1.54, 1.807) is 24.3 Å². The SMILES string of the molecule is O=C(O)c1cc(S(=O)Cc2ccccc2Cl)ccc1Cl. The zero-order valence-electron chi connectivity index (χ0n) is 10.2. The first-order valence-corrected chi connectivity index (χ1v) is 7.71. The average molecular weight is 329 g/mol. The number of hydrogen-bond donors (Lipinski definition) is 1. The fraction of sp³-hybridized carbons (Fsp3) is 0.0714. The van der Waals surface area contributed by atoms with Crippen molar-refractivity contribution >= 4 is 40.0 Å². The van der Waals surface area contributed by atoms with Crippen LogP contribution in [-0.2, 0) is 16.6 Å². The van der Waals surface area contributed by atoms with Crippen molar-refractivity contribution in [3.8, 4) is 0 Å². The molecule has 0 radical (unpaired) electrons. The fourth-order valence-electron chi connectivity index (χ4n) is 1.65. The molecule has 0 aliphatic carbocycles. The van der Waals surface area contributed by atoms with Crippen molar-refractivity contribution in [1.82, 2.24) is 0 Å². The van der Waals surface area contributed by atoms with Gasteiger partial charge in [0.1, 0.15) is 0 Å². The summed E-state index contributed by atoms with van der Waals surface area (Å²) < 4.78 is 12.3. The number of benzene rings is 2. The van der Waals surface area contributed by atoms with E-state index in [0.717, 1.165) is 5.56 Å². The van der Waals surface area contributed by atoms with E-state index < -0.39 is 16.8 Å². The zero-order valence-corrected chi connectivity index (χ0v) is 12.5. The predicted octanol–water partition coefficient (Wildman–Crippen LogP) is 4.00. The number of aromatic carboxylic acids is 1. The lowest BCUT2D eigenvalue weighted by atomic mass is 10.2. The standard InChI is InChI=1S/C14H10Cl2O3S/c15-12-4-2-1-3-9(12)8-20(19)10-5-6-13(16)11(7-10)14(17)18/h1-7H,8H2,(H,17,18). The molecule has 6 heteroatoms. The van der Waals surface area contributed by atoms with Gasteiger partial charge < -0.3 is 5.11 Å². The maximum atomic E-state index is 12.3. The minimum atomic E-state index is -1.39. The van der Waals surface area contributed by atoms with Gasteiger partial charge in [-0.05, 0) is 29.8 Å². The van der Waals surface area contributed by atoms with Crippen molar-refractivity contribution in [3.63, 3.8) is 0 Å². The Kier molecular flexibility index (Phi) is 4.81. The molecule has 0 heterocycles. The Morgan fingerprint density at radius 2 is 1.80 bits per heavy atom. The third kappa shape index (κ3) is 3.39. The Balaban J connectivity index is 2.28. The van der Waals surface area contributed by atoms with Gasteiger partial charge in [0.15, 0.2) is 0 Å². The lowest BCUT2D eigenvalue weighted by Crippen LogP contribution is -2.02. The molecule has 0 aromatic heterocycles. The predicted molar refractivity (Wildman–Crippen MR) is 80.0 cm³/mol. The van der Waals surface area contributed by atoms with E-state index in [1.807, 2.05) is 6.07 Å². The number of rotatable bonds is 4. The number of halogens is 2. The highest BCUT2D eigenvalue weighted by Crippen LogP contribution is 2.23. The van der Waals surface area contributed by atoms with Crippen molar-refractivity contribution in [1.29, 1.82) is 0 Å². The molecular weight excluding hydrogens is 319 g/mol. The van der Waals surface area contributed by atoms with Crippen molar-refractivity contribution < 1.29 is 14.1 Å². The topological polar surface area (TPSA) is 54.4 Å². The molecule has 1 atom stereocenters. The number of hydrogen-bond acceptors (Lipinski definition) is 2. The van der Waals surface area contributed by atoms with Gasteiger partial charge in [0, 0.05) is 9.92 Å². The summed E-state index contributed by atoms with van der Waals surface area (Å²) in [7, 11) is -1.39. The third-order valence-corrected chi connectivity index (χ3v) is 4.73. The molecule has 0 saturated carbocycles. The Bertz CT molecular complexity index is 686. The summed E-state index contributed by atoms with van der Waals surface area (Å²) in [4.78, 5) is 11.4. The zero-order chi connectivity index (χ0) is 14.7. The lowest BCUT2D eigenvalue weighted by Gasteiger charge is -2.06. The van der Waals surface area contributed by atoms with Gasteiger partial charge in [0.05, 0.1) is 27.1 Å². The van der Waals surface area contributed by atoms with Gasteiger partial charge >= 0.3 is 5.97 Å². The monoisotopic (exact) mass is 328 g/mol. The third-order valence-electron chi connectivity index (χ3n) is 2.68. The second-order valence-electron chi connectivity index (χ2n) is 4.03. The van der Waals surface area contributed by atoms with Crippen LogP contribution in [-0.4, -0.2) is 15.3 Å². The molecule has 0 spiro atoms. The number of carboxylic acid groups (broad SMARTS) is 1. The van der Waals surface area contributed by atoms with Crippen molar-refractivity contribution in [3.05, 3.63) is 63.6 Å². The second kappa shape index (κ2) is 6.39. The highest BCUT2D eigenvalue weighted by molar-refractivity contribution is 7.84. The van der Waals surface area contributed by atoms with Crippen molar-refractivity contribution in [2.75, 3.05) is 0 Å². The molecule has 3 nitrogen and oxygen atoms in total. The molecule has 0 fully saturated rings. The van der Waals surface area contributed by atoms with E-state index in [1.165, 1.54) is 12.1 Å². The van der Waals surface area contributed by atoms with Crippen LogP contribution in [0.2, 0.25) is 10.0 Å². The summed E-state index contributed by atoms with van der Waals surface area (Å²) in [5.74, 6) is -0.924. The lowest BCUT2D eigenvalue weighted by molar-refractivity contribution is 0.0697. The highest BCUT2D eigenvalue weighted by atomic mass is 35.5. The number of carboxylic acids is 1. The van der Waals surface area contributed by atoms with E-state index in [4.69, 9.17) is 28.3 Å². The molecule has 0 saturated heterocycles. The quantitative estimate of drug-likeness (QED) is 0.922. The van der Waals surface area contributed by atoms with Crippen LogP contribution in [0.15, 0.2) is 47.4 Å². The summed E-state index contributed by atoms with van der Waals surface area (Å²) in [6.07, 6.45) is 0. The summed E-state index contributed by atoms with van der Waals surface area (Å²) in [6.45, 7) is 0. The Morgan fingerprint density at radius 1 is 1.10 bits per heavy atom. The number of carbonyl (C=O) groups is 1. The van der Waals surface area contributed by atoms with Gasteiger partial charge in [0.2, 0.25) is 0 Å². The first kappa shape index (κ1) is 15.0. The first-order chi connectivity index (χ1) is 9.49. The molecule has 0 bridgehead atoms. The molecule has 2 aromatic rings. The molecule has 2 rings (SSSR count). The minimum absolute atomic E-state index is 0.0586. The van der Waals surface area contributed by atoms with Gasteiger partial charge in [-0.3, -0.25) is 4.21 Å². The summed E-state index contributed by atoms with van der Waals surface area (Å²) in [5.41, 5.74) is 0.691. The Morgan fingerprint density at radius 3 is 2.45 bits per heavy atom. The fourth-order valence-corrected chi connectivity index (χ4v) is 3.30. The van der Waals surface area contributed by atoms with E-state index in [0.29, 0.717) is 9.92 Å². The van der Waals surface area contributed by atoms with E-state index in [2.05, 4.69) is 0 Å². The van der Waals surface area contributed by atoms with Gasteiger partial charge in [0.25, 0.3) is 0 Å². The van der Waals surface area contributed by atoms with Crippen LogP contribution in [0.25, 0.3) is 0 Å².